The van der Waals surface area contributed by atoms with Gasteiger partial charge < -0.3 is 21.1 Å². The first-order chi connectivity index (χ1) is 14.3. The van der Waals surface area contributed by atoms with Gasteiger partial charge >= 0.3 is 0 Å². The summed E-state index contributed by atoms with van der Waals surface area (Å²) in [5.74, 6) is 0.237. The molecule has 0 saturated heterocycles. The molecule has 0 aliphatic carbocycles. The molecule has 2 aromatic rings. The van der Waals surface area contributed by atoms with Gasteiger partial charge in [-0.25, -0.2) is 0 Å². The Morgan fingerprint density at radius 2 is 1.70 bits per heavy atom. The molecule has 0 aliphatic rings. The molecule has 0 unspecified atom stereocenters. The predicted octanol–water partition coefficient (Wildman–Crippen LogP) is 2.44. The number of ether oxygens (including phenoxy) is 1. The number of aryl methyl sites for hydroxylation is 3. The molecule has 0 bridgehead atoms. The van der Waals surface area contributed by atoms with Crippen LogP contribution in [-0.2, 0) is 22.4 Å². The van der Waals surface area contributed by atoms with E-state index in [1.54, 1.807) is 14.0 Å². The molecular weight excluding hydrogens is 378 g/mol. The van der Waals surface area contributed by atoms with E-state index in [4.69, 9.17) is 10.5 Å². The SMILES string of the molecule is COc1cc(C)c(C[C@@H](N)C(=O)N[C@H](C)C(=O)NCCCc2ccccc2)c(C)c1. The van der Waals surface area contributed by atoms with Gasteiger partial charge in [0.2, 0.25) is 11.8 Å². The summed E-state index contributed by atoms with van der Waals surface area (Å²) in [5.41, 5.74) is 10.4. The summed E-state index contributed by atoms with van der Waals surface area (Å²) in [6.45, 7) is 6.17. The third kappa shape index (κ3) is 6.88. The summed E-state index contributed by atoms with van der Waals surface area (Å²) >= 11 is 0. The van der Waals surface area contributed by atoms with Crippen LogP contribution in [0.2, 0.25) is 0 Å². The summed E-state index contributed by atoms with van der Waals surface area (Å²) in [5, 5.41) is 5.59. The molecule has 2 amide bonds. The number of amides is 2. The molecule has 0 radical (unpaired) electrons. The number of benzene rings is 2. The van der Waals surface area contributed by atoms with Crippen molar-refractivity contribution in [3.8, 4) is 5.75 Å². The lowest BCUT2D eigenvalue weighted by Crippen LogP contribution is -2.51. The molecule has 0 fully saturated rings. The number of hydrogen-bond acceptors (Lipinski definition) is 4. The second-order valence-electron chi connectivity index (χ2n) is 7.66. The van der Waals surface area contributed by atoms with Gasteiger partial charge in [0, 0.05) is 6.54 Å². The van der Waals surface area contributed by atoms with E-state index in [-0.39, 0.29) is 11.8 Å². The lowest BCUT2D eigenvalue weighted by atomic mass is 9.96. The van der Waals surface area contributed by atoms with Crippen molar-refractivity contribution in [2.75, 3.05) is 13.7 Å². The molecule has 6 heteroatoms. The Morgan fingerprint density at radius 3 is 2.30 bits per heavy atom. The van der Waals surface area contributed by atoms with E-state index < -0.39 is 12.1 Å². The molecule has 0 aliphatic heterocycles. The standard InChI is InChI=1S/C24H33N3O3/c1-16-13-20(30-4)14-17(2)21(16)15-22(25)24(29)27-18(3)23(28)26-12-8-11-19-9-6-5-7-10-19/h5-7,9-10,13-14,18,22H,8,11-12,15,25H2,1-4H3,(H,26,28)(H,27,29)/t18-,22-/m1/s1. The van der Waals surface area contributed by atoms with E-state index in [1.807, 2.05) is 44.2 Å². The minimum absolute atomic E-state index is 0.208. The third-order valence-electron chi connectivity index (χ3n) is 5.20. The minimum atomic E-state index is -0.732. The van der Waals surface area contributed by atoms with Crippen LogP contribution >= 0.6 is 0 Å². The molecule has 30 heavy (non-hydrogen) atoms. The minimum Gasteiger partial charge on any atom is -0.497 e. The average molecular weight is 412 g/mol. The lowest BCUT2D eigenvalue weighted by molar-refractivity contribution is -0.129. The van der Waals surface area contributed by atoms with Gasteiger partial charge in [0.25, 0.3) is 0 Å². The number of methoxy groups -OCH3 is 1. The zero-order chi connectivity index (χ0) is 22.1. The van der Waals surface area contributed by atoms with Crippen molar-refractivity contribution in [3.63, 3.8) is 0 Å². The normalized spacial score (nSPS) is 12.7. The molecule has 0 spiro atoms. The molecule has 0 saturated carbocycles. The lowest BCUT2D eigenvalue weighted by Gasteiger charge is -2.19. The Kier molecular flexibility index (Phi) is 8.87. The Labute approximate surface area is 179 Å². The number of nitrogens with one attached hydrogen (secondary N) is 2. The molecule has 6 nitrogen and oxygen atoms in total. The molecule has 0 aromatic heterocycles. The van der Waals surface area contributed by atoms with Gasteiger partial charge in [-0.1, -0.05) is 30.3 Å². The highest BCUT2D eigenvalue weighted by Gasteiger charge is 2.21. The van der Waals surface area contributed by atoms with E-state index in [0.717, 1.165) is 35.3 Å². The van der Waals surface area contributed by atoms with Crippen LogP contribution in [0, 0.1) is 13.8 Å². The van der Waals surface area contributed by atoms with Gasteiger partial charge in [-0.05, 0) is 74.4 Å². The van der Waals surface area contributed by atoms with Crippen LogP contribution in [-0.4, -0.2) is 37.6 Å². The van der Waals surface area contributed by atoms with E-state index in [1.165, 1.54) is 5.56 Å². The van der Waals surface area contributed by atoms with Gasteiger partial charge in [0.05, 0.1) is 13.2 Å². The highest BCUT2D eigenvalue weighted by atomic mass is 16.5. The van der Waals surface area contributed by atoms with E-state index >= 15 is 0 Å². The predicted molar refractivity (Wildman–Crippen MR) is 120 cm³/mol. The van der Waals surface area contributed by atoms with Gasteiger partial charge in [0.1, 0.15) is 11.8 Å². The Morgan fingerprint density at radius 1 is 1.07 bits per heavy atom. The largest absolute Gasteiger partial charge is 0.497 e. The molecule has 0 heterocycles. The average Bonchev–Trinajstić information content (AvgIpc) is 2.73. The highest BCUT2D eigenvalue weighted by Crippen LogP contribution is 2.22. The summed E-state index contributed by atoms with van der Waals surface area (Å²) in [6, 6.07) is 12.6. The van der Waals surface area contributed by atoms with E-state index in [9.17, 15) is 9.59 Å². The number of rotatable bonds is 10. The second kappa shape index (κ2) is 11.4. The molecule has 2 rings (SSSR count). The molecule has 162 valence electrons. The first-order valence-corrected chi connectivity index (χ1v) is 10.3. The van der Waals surface area contributed by atoms with Crippen molar-refractivity contribution >= 4 is 11.8 Å². The van der Waals surface area contributed by atoms with Gasteiger partial charge in [-0.15, -0.1) is 0 Å². The fourth-order valence-corrected chi connectivity index (χ4v) is 3.39. The van der Waals surface area contributed by atoms with Crippen LogP contribution < -0.4 is 21.1 Å². The second-order valence-corrected chi connectivity index (χ2v) is 7.66. The summed E-state index contributed by atoms with van der Waals surface area (Å²) in [4.78, 5) is 24.8. The Hall–Kier alpha value is -2.86. The summed E-state index contributed by atoms with van der Waals surface area (Å²) in [7, 11) is 1.63. The Bertz CT molecular complexity index is 829. The van der Waals surface area contributed by atoms with E-state index in [0.29, 0.717) is 13.0 Å². The molecule has 2 atom stereocenters. The zero-order valence-electron chi connectivity index (χ0n) is 18.3. The van der Waals surface area contributed by atoms with Crippen molar-refractivity contribution < 1.29 is 14.3 Å². The fraction of sp³-hybridized carbons (Fsp3) is 0.417. The summed E-state index contributed by atoms with van der Waals surface area (Å²) < 4.78 is 5.27. The van der Waals surface area contributed by atoms with Crippen LogP contribution in [0.4, 0.5) is 0 Å². The number of hydrogen-bond donors (Lipinski definition) is 3. The molecular formula is C24H33N3O3. The van der Waals surface area contributed by atoms with Crippen LogP contribution in [0.3, 0.4) is 0 Å². The monoisotopic (exact) mass is 411 g/mol. The topological polar surface area (TPSA) is 93.4 Å². The smallest absolute Gasteiger partial charge is 0.242 e. The maximum Gasteiger partial charge on any atom is 0.242 e. The fourth-order valence-electron chi connectivity index (χ4n) is 3.39. The molecule has 4 N–H and O–H groups in total. The number of nitrogens with two attached hydrogens (primary N) is 1. The van der Waals surface area contributed by atoms with Crippen LogP contribution in [0.25, 0.3) is 0 Å². The number of carbonyl (C=O) groups excluding carboxylic acids is 2. The zero-order valence-corrected chi connectivity index (χ0v) is 18.3. The van der Waals surface area contributed by atoms with Crippen molar-refractivity contribution in [3.05, 3.63) is 64.7 Å². The highest BCUT2D eigenvalue weighted by molar-refractivity contribution is 5.89. The van der Waals surface area contributed by atoms with E-state index in [2.05, 4.69) is 22.8 Å². The quantitative estimate of drug-likeness (QED) is 0.524. The van der Waals surface area contributed by atoms with Gasteiger partial charge in [-0.3, -0.25) is 9.59 Å². The van der Waals surface area contributed by atoms with Crippen molar-refractivity contribution in [1.82, 2.24) is 10.6 Å². The van der Waals surface area contributed by atoms with Crippen LogP contribution in [0.1, 0.15) is 35.6 Å². The first-order valence-electron chi connectivity index (χ1n) is 10.3. The number of carbonyl (C=O) groups is 2. The van der Waals surface area contributed by atoms with Gasteiger partial charge in [-0.2, -0.15) is 0 Å². The Balaban J connectivity index is 1.79. The maximum absolute atomic E-state index is 12.5. The van der Waals surface area contributed by atoms with Crippen molar-refractivity contribution in [2.45, 2.75) is 52.1 Å². The maximum atomic E-state index is 12.5. The first kappa shape index (κ1) is 23.4. The van der Waals surface area contributed by atoms with Crippen molar-refractivity contribution in [2.24, 2.45) is 5.73 Å². The third-order valence-corrected chi connectivity index (χ3v) is 5.20. The van der Waals surface area contributed by atoms with Gasteiger partial charge in [0.15, 0.2) is 0 Å². The van der Waals surface area contributed by atoms with Crippen LogP contribution in [0.15, 0.2) is 42.5 Å². The molecule has 2 aromatic carbocycles. The van der Waals surface area contributed by atoms with Crippen LogP contribution in [0.5, 0.6) is 5.75 Å². The van der Waals surface area contributed by atoms with Crippen molar-refractivity contribution in [1.29, 1.82) is 0 Å². The summed E-state index contributed by atoms with van der Waals surface area (Å²) in [6.07, 6.45) is 2.14.